The number of rotatable bonds is 5. The summed E-state index contributed by atoms with van der Waals surface area (Å²) in [5.74, 6) is -0.537. The maximum atomic E-state index is 12.6. The lowest BCUT2D eigenvalue weighted by atomic mass is 10.1. The van der Waals surface area contributed by atoms with Crippen molar-refractivity contribution in [2.45, 2.75) is 0 Å². The van der Waals surface area contributed by atoms with E-state index in [-0.39, 0.29) is 22.9 Å². The lowest BCUT2D eigenvalue weighted by molar-refractivity contribution is -0.114. The van der Waals surface area contributed by atoms with E-state index in [1.54, 1.807) is 24.5 Å². The molecule has 0 aliphatic carbocycles. The molecular formula is C19H15N5O5S2. The molecule has 10 nitrogen and oxygen atoms in total. The predicted octanol–water partition coefficient (Wildman–Crippen LogP) is 2.10. The van der Waals surface area contributed by atoms with E-state index in [1.807, 2.05) is 6.07 Å². The molecule has 0 atom stereocenters. The monoisotopic (exact) mass is 457 g/mol. The van der Waals surface area contributed by atoms with Crippen molar-refractivity contribution >= 4 is 49.9 Å². The fourth-order valence-corrected chi connectivity index (χ4v) is 4.12. The number of hydrogen-bond acceptors (Lipinski definition) is 9. The van der Waals surface area contributed by atoms with Gasteiger partial charge in [-0.3, -0.25) is 15.2 Å². The Morgan fingerprint density at radius 2 is 2.03 bits per heavy atom. The van der Waals surface area contributed by atoms with E-state index in [4.69, 9.17) is 14.3 Å². The summed E-state index contributed by atoms with van der Waals surface area (Å²) in [6.45, 7) is 0. The number of nitrogens with zero attached hydrogens (tertiary/aromatic N) is 4. The average molecular weight is 457 g/mol. The van der Waals surface area contributed by atoms with Gasteiger partial charge in [-0.2, -0.15) is 23.5 Å². The number of carbonyl (C=O) groups excluding carboxylic acids is 1. The number of hydrazone groups is 1. The van der Waals surface area contributed by atoms with Crippen LogP contribution in [0.1, 0.15) is 11.1 Å². The van der Waals surface area contributed by atoms with Crippen molar-refractivity contribution < 1.29 is 22.1 Å². The number of aliphatic imine (C=N–C) groups is 1. The molecule has 2 aliphatic rings. The Bertz CT molecular complexity index is 1290. The Morgan fingerprint density at radius 3 is 2.71 bits per heavy atom. The second-order valence-corrected chi connectivity index (χ2v) is 8.90. The van der Waals surface area contributed by atoms with Crippen molar-refractivity contribution in [3.05, 3.63) is 59.4 Å². The molecule has 1 aromatic heterocycles. The quantitative estimate of drug-likeness (QED) is 0.533. The first kappa shape index (κ1) is 20.8. The second kappa shape index (κ2) is 7.96. The summed E-state index contributed by atoms with van der Waals surface area (Å²) in [6.07, 6.45) is 5.66. The SMILES string of the molecule is COc1cc(/C=C2\C(=N)N3N=C(c4cccnc4)SC3=NC2=O)ccc1OS(C)(=O)=O. The summed E-state index contributed by atoms with van der Waals surface area (Å²) in [5.41, 5.74) is 1.27. The highest BCUT2D eigenvalue weighted by atomic mass is 32.2. The number of carbonyl (C=O) groups is 1. The van der Waals surface area contributed by atoms with Gasteiger partial charge in [0.05, 0.1) is 18.9 Å². The Morgan fingerprint density at radius 1 is 1.23 bits per heavy atom. The second-order valence-electron chi connectivity index (χ2n) is 6.36. The third-order valence-electron chi connectivity index (χ3n) is 4.10. The number of amidine groups is 2. The van der Waals surface area contributed by atoms with Gasteiger partial charge < -0.3 is 8.92 Å². The van der Waals surface area contributed by atoms with Crippen LogP contribution in [-0.2, 0) is 14.9 Å². The molecule has 1 N–H and O–H groups in total. The zero-order valence-electron chi connectivity index (χ0n) is 16.3. The summed E-state index contributed by atoms with van der Waals surface area (Å²) in [7, 11) is -2.37. The zero-order chi connectivity index (χ0) is 22.2. The predicted molar refractivity (Wildman–Crippen MR) is 117 cm³/mol. The van der Waals surface area contributed by atoms with Crippen molar-refractivity contribution in [2.75, 3.05) is 13.4 Å². The van der Waals surface area contributed by atoms with E-state index < -0.39 is 16.0 Å². The van der Waals surface area contributed by atoms with E-state index in [9.17, 15) is 13.2 Å². The first-order valence-corrected chi connectivity index (χ1v) is 11.4. The summed E-state index contributed by atoms with van der Waals surface area (Å²) < 4.78 is 32.8. The van der Waals surface area contributed by atoms with Gasteiger partial charge in [0.25, 0.3) is 5.91 Å². The molecule has 0 unspecified atom stereocenters. The Balaban J connectivity index is 1.66. The lowest BCUT2D eigenvalue weighted by Gasteiger charge is -2.20. The molecule has 2 aliphatic heterocycles. The van der Waals surface area contributed by atoms with Gasteiger partial charge in [0.2, 0.25) is 5.17 Å². The van der Waals surface area contributed by atoms with Crippen LogP contribution in [0.25, 0.3) is 6.08 Å². The molecule has 12 heteroatoms. The molecule has 0 bridgehead atoms. The van der Waals surface area contributed by atoms with Gasteiger partial charge in [0.1, 0.15) is 5.04 Å². The van der Waals surface area contributed by atoms with Crippen LogP contribution in [0.5, 0.6) is 11.5 Å². The van der Waals surface area contributed by atoms with Crippen LogP contribution >= 0.6 is 11.8 Å². The summed E-state index contributed by atoms with van der Waals surface area (Å²) in [5, 5.41) is 15.0. The van der Waals surface area contributed by atoms with Crippen LogP contribution in [0.2, 0.25) is 0 Å². The van der Waals surface area contributed by atoms with Gasteiger partial charge in [-0.15, -0.1) is 0 Å². The van der Waals surface area contributed by atoms with Crippen LogP contribution in [0.15, 0.2) is 58.4 Å². The third-order valence-corrected chi connectivity index (χ3v) is 5.54. The van der Waals surface area contributed by atoms with Crippen LogP contribution < -0.4 is 8.92 Å². The average Bonchev–Trinajstić information content (AvgIpc) is 3.16. The van der Waals surface area contributed by atoms with Crippen LogP contribution in [0.3, 0.4) is 0 Å². The van der Waals surface area contributed by atoms with Crippen molar-refractivity contribution in [1.29, 1.82) is 5.41 Å². The molecule has 31 heavy (non-hydrogen) atoms. The molecular weight excluding hydrogens is 442 g/mol. The molecule has 3 heterocycles. The lowest BCUT2D eigenvalue weighted by Crippen LogP contribution is -2.35. The van der Waals surface area contributed by atoms with Crippen molar-refractivity contribution in [1.82, 2.24) is 9.99 Å². The molecule has 1 aromatic carbocycles. The Kier molecular flexibility index (Phi) is 5.33. The van der Waals surface area contributed by atoms with Gasteiger partial charge in [-0.25, -0.2) is 0 Å². The highest BCUT2D eigenvalue weighted by Crippen LogP contribution is 2.33. The van der Waals surface area contributed by atoms with Crippen molar-refractivity contribution in [3.63, 3.8) is 0 Å². The first-order chi connectivity index (χ1) is 14.7. The minimum Gasteiger partial charge on any atom is -0.493 e. The van der Waals surface area contributed by atoms with E-state index in [0.29, 0.717) is 15.8 Å². The van der Waals surface area contributed by atoms with E-state index >= 15 is 0 Å². The Labute approximate surface area is 181 Å². The van der Waals surface area contributed by atoms with E-state index in [1.165, 1.54) is 42.1 Å². The number of hydrogen-bond donors (Lipinski definition) is 1. The normalized spacial score (nSPS) is 17.4. The van der Waals surface area contributed by atoms with Gasteiger partial charge in [-0.05, 0) is 47.7 Å². The fourth-order valence-electron chi connectivity index (χ4n) is 2.77. The summed E-state index contributed by atoms with van der Waals surface area (Å²) in [6, 6.07) is 8.04. The third kappa shape index (κ3) is 4.34. The molecule has 4 rings (SSSR count). The molecule has 0 spiro atoms. The number of thioether (sulfide) groups is 1. The van der Waals surface area contributed by atoms with Gasteiger partial charge in [0, 0.05) is 18.0 Å². The fraction of sp³-hybridized carbons (Fsp3) is 0.105. The van der Waals surface area contributed by atoms with Gasteiger partial charge in [-0.1, -0.05) is 6.07 Å². The standard InChI is InChI=1S/C19H15N5O5S2/c1-28-15-9-11(5-6-14(15)29-31(2,26)27)8-13-16(20)24-19(22-17(13)25)30-18(23-24)12-4-3-7-21-10-12/h3-10,20H,1-2H3/b13-8+,20-16?. The number of methoxy groups -OCH3 is 1. The highest BCUT2D eigenvalue weighted by Gasteiger charge is 2.36. The number of pyridine rings is 1. The minimum absolute atomic E-state index is 0.0131. The molecule has 0 radical (unpaired) electrons. The molecule has 1 amide bonds. The number of fused-ring (bicyclic) bond motifs is 1. The number of benzene rings is 1. The number of nitrogens with one attached hydrogen (secondary N) is 1. The van der Waals surface area contributed by atoms with Crippen molar-refractivity contribution in [3.8, 4) is 11.5 Å². The van der Waals surface area contributed by atoms with Crippen LogP contribution in [0, 0.1) is 5.41 Å². The molecule has 0 fully saturated rings. The summed E-state index contributed by atoms with van der Waals surface area (Å²) >= 11 is 1.18. The van der Waals surface area contributed by atoms with Crippen molar-refractivity contribution in [2.24, 2.45) is 10.1 Å². The topological polar surface area (TPSA) is 134 Å². The first-order valence-electron chi connectivity index (χ1n) is 8.73. The smallest absolute Gasteiger partial charge is 0.306 e. The van der Waals surface area contributed by atoms with E-state index in [0.717, 1.165) is 11.8 Å². The number of ether oxygens (including phenoxy) is 1. The molecule has 158 valence electrons. The maximum absolute atomic E-state index is 12.6. The molecule has 0 saturated heterocycles. The molecule has 2 aromatic rings. The molecule has 0 saturated carbocycles. The van der Waals surface area contributed by atoms with E-state index in [2.05, 4.69) is 15.1 Å². The maximum Gasteiger partial charge on any atom is 0.306 e. The van der Waals surface area contributed by atoms with Crippen LogP contribution in [-0.4, -0.2) is 53.7 Å². The minimum atomic E-state index is -3.73. The van der Waals surface area contributed by atoms with Gasteiger partial charge >= 0.3 is 10.1 Å². The zero-order valence-corrected chi connectivity index (χ0v) is 17.9. The van der Waals surface area contributed by atoms with Crippen LogP contribution in [0.4, 0.5) is 0 Å². The Hall–Kier alpha value is -3.51. The number of aromatic nitrogens is 1. The largest absolute Gasteiger partial charge is 0.493 e. The van der Waals surface area contributed by atoms with Gasteiger partial charge in [0.15, 0.2) is 17.3 Å². The highest BCUT2D eigenvalue weighted by molar-refractivity contribution is 8.27. The summed E-state index contributed by atoms with van der Waals surface area (Å²) in [4.78, 5) is 20.7. The number of amides is 1.